The smallest absolute Gasteiger partial charge is 0.275 e. The third kappa shape index (κ3) is 4.32. The van der Waals surface area contributed by atoms with Crippen LogP contribution in [0.25, 0.3) is 0 Å². The van der Waals surface area contributed by atoms with Gasteiger partial charge >= 0.3 is 0 Å². The first-order valence-electron chi connectivity index (χ1n) is 6.91. The van der Waals surface area contributed by atoms with Crippen LogP contribution in [0.4, 0.5) is 10.8 Å². The van der Waals surface area contributed by atoms with Crippen LogP contribution in [0.2, 0.25) is 0 Å². The standard InChI is InChI=1S/C14H16N4O5S2/c1-8(19)15-14-17-11(7-24-14)13(21)16-10-6-9(4-5-12(10)20)25(22,23)18(2)3/h4-7,20H,1-3H3,(H,16,21)(H,15,17,19). The zero-order valence-electron chi connectivity index (χ0n) is 13.6. The largest absolute Gasteiger partial charge is 0.506 e. The quantitative estimate of drug-likeness (QED) is 0.667. The molecule has 0 saturated carbocycles. The fraction of sp³-hybridized carbons (Fsp3) is 0.214. The van der Waals surface area contributed by atoms with Gasteiger partial charge in [-0.05, 0) is 18.2 Å². The Morgan fingerprint density at radius 3 is 2.52 bits per heavy atom. The summed E-state index contributed by atoms with van der Waals surface area (Å²) in [6.45, 7) is 1.32. The van der Waals surface area contributed by atoms with Gasteiger partial charge < -0.3 is 15.7 Å². The van der Waals surface area contributed by atoms with E-state index in [1.54, 1.807) is 0 Å². The molecular weight excluding hydrogens is 368 g/mol. The van der Waals surface area contributed by atoms with Gasteiger partial charge in [-0.15, -0.1) is 11.3 Å². The molecule has 2 rings (SSSR count). The Bertz CT molecular complexity index is 921. The summed E-state index contributed by atoms with van der Waals surface area (Å²) in [6.07, 6.45) is 0. The molecule has 9 nitrogen and oxygen atoms in total. The Morgan fingerprint density at radius 2 is 1.92 bits per heavy atom. The maximum Gasteiger partial charge on any atom is 0.275 e. The first-order chi connectivity index (χ1) is 11.6. The molecule has 0 radical (unpaired) electrons. The molecule has 0 unspecified atom stereocenters. The molecular formula is C14H16N4O5S2. The Balaban J connectivity index is 2.26. The lowest BCUT2D eigenvalue weighted by molar-refractivity contribution is -0.114. The highest BCUT2D eigenvalue weighted by Crippen LogP contribution is 2.28. The fourth-order valence-electron chi connectivity index (χ4n) is 1.76. The molecule has 1 aromatic heterocycles. The molecule has 0 fully saturated rings. The molecule has 0 bridgehead atoms. The van der Waals surface area contributed by atoms with Crippen LogP contribution < -0.4 is 10.6 Å². The highest BCUT2D eigenvalue weighted by atomic mass is 32.2. The number of carbonyl (C=O) groups is 2. The van der Waals surface area contributed by atoms with Gasteiger partial charge in [-0.3, -0.25) is 9.59 Å². The van der Waals surface area contributed by atoms with E-state index < -0.39 is 15.9 Å². The van der Waals surface area contributed by atoms with Gasteiger partial charge in [0.15, 0.2) is 5.13 Å². The van der Waals surface area contributed by atoms with Gasteiger partial charge in [0.25, 0.3) is 5.91 Å². The molecule has 1 aromatic carbocycles. The zero-order chi connectivity index (χ0) is 18.8. The van der Waals surface area contributed by atoms with Crippen LogP contribution in [0, 0.1) is 0 Å². The highest BCUT2D eigenvalue weighted by Gasteiger charge is 2.20. The topological polar surface area (TPSA) is 129 Å². The van der Waals surface area contributed by atoms with Gasteiger partial charge in [-0.2, -0.15) is 0 Å². The van der Waals surface area contributed by atoms with Gasteiger partial charge in [0, 0.05) is 26.4 Å². The van der Waals surface area contributed by atoms with E-state index in [1.165, 1.54) is 38.5 Å². The second-order valence-corrected chi connectivity index (χ2v) is 8.15. The molecule has 0 aliphatic heterocycles. The van der Waals surface area contributed by atoms with Crippen LogP contribution in [0.15, 0.2) is 28.5 Å². The third-order valence-electron chi connectivity index (χ3n) is 3.01. The Hall–Kier alpha value is -2.50. The Labute approximate surface area is 148 Å². The number of nitrogens with zero attached hydrogens (tertiary/aromatic N) is 2. The van der Waals surface area contributed by atoms with E-state index in [9.17, 15) is 23.1 Å². The Kier molecular flexibility index (Phi) is 5.40. The number of benzene rings is 1. The lowest BCUT2D eigenvalue weighted by Gasteiger charge is -2.13. The van der Waals surface area contributed by atoms with Crippen molar-refractivity contribution in [3.63, 3.8) is 0 Å². The maximum absolute atomic E-state index is 12.2. The van der Waals surface area contributed by atoms with Crippen molar-refractivity contribution in [3.8, 4) is 5.75 Å². The van der Waals surface area contributed by atoms with Gasteiger partial charge in [0.2, 0.25) is 15.9 Å². The second kappa shape index (κ2) is 7.17. The van der Waals surface area contributed by atoms with Crippen molar-refractivity contribution in [3.05, 3.63) is 29.3 Å². The van der Waals surface area contributed by atoms with Crippen LogP contribution in [0.1, 0.15) is 17.4 Å². The van der Waals surface area contributed by atoms with Crippen LogP contribution in [0.3, 0.4) is 0 Å². The summed E-state index contributed by atoms with van der Waals surface area (Å²) in [7, 11) is -0.968. The molecule has 134 valence electrons. The van der Waals surface area contributed by atoms with Crippen molar-refractivity contribution in [2.24, 2.45) is 0 Å². The van der Waals surface area contributed by atoms with Crippen LogP contribution in [-0.4, -0.2) is 48.7 Å². The summed E-state index contributed by atoms with van der Waals surface area (Å²) in [5, 5.41) is 16.4. The summed E-state index contributed by atoms with van der Waals surface area (Å²) < 4.78 is 25.3. The lowest BCUT2D eigenvalue weighted by atomic mass is 10.3. The number of aromatic nitrogens is 1. The molecule has 3 N–H and O–H groups in total. The first kappa shape index (κ1) is 18.8. The van der Waals surface area contributed by atoms with E-state index in [0.717, 1.165) is 21.7 Å². The lowest BCUT2D eigenvalue weighted by Crippen LogP contribution is -2.22. The van der Waals surface area contributed by atoms with Crippen molar-refractivity contribution in [1.82, 2.24) is 9.29 Å². The molecule has 0 atom stereocenters. The number of sulfonamides is 1. The molecule has 0 aliphatic carbocycles. The summed E-state index contributed by atoms with van der Waals surface area (Å²) in [5.41, 5.74) is -0.0454. The van der Waals surface area contributed by atoms with Gasteiger partial charge in [-0.25, -0.2) is 17.7 Å². The number of hydrogen-bond acceptors (Lipinski definition) is 7. The van der Waals surface area contributed by atoms with E-state index in [2.05, 4.69) is 15.6 Å². The minimum Gasteiger partial charge on any atom is -0.506 e. The number of amides is 2. The average molecular weight is 384 g/mol. The Morgan fingerprint density at radius 1 is 1.24 bits per heavy atom. The molecule has 2 aromatic rings. The highest BCUT2D eigenvalue weighted by molar-refractivity contribution is 7.89. The maximum atomic E-state index is 12.2. The third-order valence-corrected chi connectivity index (χ3v) is 5.58. The van der Waals surface area contributed by atoms with Crippen molar-refractivity contribution >= 4 is 44.0 Å². The van der Waals surface area contributed by atoms with E-state index >= 15 is 0 Å². The van der Waals surface area contributed by atoms with Crippen LogP contribution in [0.5, 0.6) is 5.75 Å². The number of rotatable bonds is 5. The number of aromatic hydroxyl groups is 1. The SMILES string of the molecule is CC(=O)Nc1nc(C(=O)Nc2cc(S(=O)(=O)N(C)C)ccc2O)cs1. The minimum atomic E-state index is -3.72. The molecule has 0 spiro atoms. The van der Waals surface area contributed by atoms with Crippen LogP contribution in [-0.2, 0) is 14.8 Å². The van der Waals surface area contributed by atoms with Gasteiger partial charge in [-0.1, -0.05) is 0 Å². The summed E-state index contributed by atoms with van der Waals surface area (Å²) in [4.78, 5) is 27.0. The number of nitrogens with one attached hydrogen (secondary N) is 2. The molecule has 0 saturated heterocycles. The predicted molar refractivity (Wildman–Crippen MR) is 93.4 cm³/mol. The van der Waals surface area contributed by atoms with E-state index in [4.69, 9.17) is 0 Å². The molecule has 11 heteroatoms. The van der Waals surface area contributed by atoms with Crippen molar-refractivity contribution in [2.45, 2.75) is 11.8 Å². The fourth-order valence-corrected chi connectivity index (χ4v) is 3.42. The van der Waals surface area contributed by atoms with Gasteiger partial charge in [0.05, 0.1) is 10.6 Å². The van der Waals surface area contributed by atoms with Gasteiger partial charge in [0.1, 0.15) is 11.4 Å². The summed E-state index contributed by atoms with van der Waals surface area (Å²) in [5.74, 6) is -1.26. The number of anilines is 2. The average Bonchev–Trinajstić information content (AvgIpc) is 2.96. The zero-order valence-corrected chi connectivity index (χ0v) is 15.2. The number of carbonyl (C=O) groups excluding carboxylic acids is 2. The number of thiazole rings is 1. The van der Waals surface area contributed by atoms with Crippen molar-refractivity contribution in [1.29, 1.82) is 0 Å². The number of phenolic OH excluding ortho intramolecular Hbond substituents is 1. The van der Waals surface area contributed by atoms with Crippen LogP contribution >= 0.6 is 11.3 Å². The summed E-state index contributed by atoms with van der Waals surface area (Å²) in [6, 6.07) is 3.57. The second-order valence-electron chi connectivity index (χ2n) is 5.14. The number of phenols is 1. The van der Waals surface area contributed by atoms with Crippen molar-refractivity contribution < 1.29 is 23.1 Å². The van der Waals surface area contributed by atoms with Crippen molar-refractivity contribution in [2.75, 3.05) is 24.7 Å². The summed E-state index contributed by atoms with van der Waals surface area (Å²) >= 11 is 1.06. The first-order valence-corrected chi connectivity index (χ1v) is 9.23. The molecule has 25 heavy (non-hydrogen) atoms. The minimum absolute atomic E-state index is 0.0222. The monoisotopic (exact) mass is 384 g/mol. The normalized spacial score (nSPS) is 11.4. The molecule has 2 amide bonds. The predicted octanol–water partition coefficient (Wildman–Crippen LogP) is 1.31. The van der Waals surface area contributed by atoms with E-state index in [0.29, 0.717) is 0 Å². The van der Waals surface area contributed by atoms with E-state index in [-0.39, 0.29) is 33.1 Å². The molecule has 1 heterocycles. The van der Waals surface area contributed by atoms with E-state index in [1.807, 2.05) is 0 Å². The number of hydrogen-bond donors (Lipinski definition) is 3. The molecule has 0 aliphatic rings.